The Bertz CT molecular complexity index is 235. The van der Waals surface area contributed by atoms with Gasteiger partial charge < -0.3 is 0 Å². The van der Waals surface area contributed by atoms with E-state index in [1.54, 1.807) is 25.6 Å². The number of sulfone groups is 1. The topological polar surface area (TPSA) is 34.1 Å². The molecule has 0 aliphatic rings. The highest BCUT2D eigenvalue weighted by Gasteiger charge is 2.17. The Morgan fingerprint density at radius 1 is 1.23 bits per heavy atom. The average Bonchev–Trinajstić information content (AvgIpc) is 1.82. The highest BCUT2D eigenvalue weighted by Crippen LogP contribution is 2.23. The van der Waals surface area contributed by atoms with Gasteiger partial charge in [0.15, 0.2) is 9.84 Å². The molecule has 2 nitrogen and oxygen atoms in total. The standard InChI is InChI=1S/C9H20O2S2/c1-8(2)13(10,11)7-6-12-9(3,4)5/h8H,6-7H2,1-5H3. The highest BCUT2D eigenvalue weighted by atomic mass is 32.2. The summed E-state index contributed by atoms with van der Waals surface area (Å²) < 4.78 is 23.0. The summed E-state index contributed by atoms with van der Waals surface area (Å²) in [5.41, 5.74) is 0. The lowest BCUT2D eigenvalue weighted by molar-refractivity contribution is 0.589. The lowest BCUT2D eigenvalue weighted by atomic mass is 10.3. The Kier molecular flexibility index (Phi) is 4.80. The van der Waals surface area contributed by atoms with Crippen molar-refractivity contribution < 1.29 is 8.42 Å². The van der Waals surface area contributed by atoms with Crippen LogP contribution in [0, 0.1) is 0 Å². The van der Waals surface area contributed by atoms with Crippen LogP contribution < -0.4 is 0 Å². The lowest BCUT2D eigenvalue weighted by Crippen LogP contribution is -2.21. The second-order valence-corrected chi connectivity index (χ2v) is 8.98. The fourth-order valence-electron chi connectivity index (χ4n) is 0.700. The van der Waals surface area contributed by atoms with E-state index in [2.05, 4.69) is 20.8 Å². The van der Waals surface area contributed by atoms with Crippen molar-refractivity contribution in [3.8, 4) is 0 Å². The first-order valence-electron chi connectivity index (χ1n) is 4.51. The molecule has 0 rings (SSSR count). The summed E-state index contributed by atoms with van der Waals surface area (Å²) in [7, 11) is -2.84. The quantitative estimate of drug-likeness (QED) is 0.735. The number of rotatable bonds is 4. The van der Waals surface area contributed by atoms with Crippen molar-refractivity contribution in [2.75, 3.05) is 11.5 Å². The molecule has 0 fully saturated rings. The van der Waals surface area contributed by atoms with Crippen LogP contribution in [0.4, 0.5) is 0 Å². The van der Waals surface area contributed by atoms with E-state index in [4.69, 9.17) is 0 Å². The maximum atomic E-state index is 11.4. The van der Waals surface area contributed by atoms with Gasteiger partial charge in [0, 0.05) is 10.5 Å². The first-order chi connectivity index (χ1) is 5.65. The smallest absolute Gasteiger partial charge is 0.153 e. The summed E-state index contributed by atoms with van der Waals surface area (Å²) in [4.78, 5) is 0. The van der Waals surface area contributed by atoms with Gasteiger partial charge in [-0.2, -0.15) is 11.8 Å². The van der Waals surface area contributed by atoms with Crippen molar-refractivity contribution in [3.05, 3.63) is 0 Å². The molecule has 0 radical (unpaired) electrons. The molecule has 0 amide bonds. The summed E-state index contributed by atoms with van der Waals surface area (Å²) in [6.45, 7) is 9.76. The van der Waals surface area contributed by atoms with Gasteiger partial charge in [-0.05, 0) is 13.8 Å². The van der Waals surface area contributed by atoms with Crippen molar-refractivity contribution >= 4 is 21.6 Å². The van der Waals surface area contributed by atoms with E-state index in [0.717, 1.165) is 0 Å². The summed E-state index contributed by atoms with van der Waals surface area (Å²) >= 11 is 1.70. The van der Waals surface area contributed by atoms with Crippen molar-refractivity contribution in [3.63, 3.8) is 0 Å². The first-order valence-corrected chi connectivity index (χ1v) is 7.21. The van der Waals surface area contributed by atoms with Crippen molar-refractivity contribution in [2.45, 2.75) is 44.6 Å². The van der Waals surface area contributed by atoms with E-state index in [1.807, 2.05) is 0 Å². The van der Waals surface area contributed by atoms with Crippen LogP contribution in [0.15, 0.2) is 0 Å². The summed E-state index contributed by atoms with van der Waals surface area (Å²) in [5, 5.41) is -0.243. The van der Waals surface area contributed by atoms with E-state index in [9.17, 15) is 8.42 Å². The van der Waals surface area contributed by atoms with Crippen molar-refractivity contribution in [1.29, 1.82) is 0 Å². The Morgan fingerprint density at radius 2 is 1.69 bits per heavy atom. The molecule has 80 valence electrons. The molecule has 4 heteroatoms. The molecule has 0 aromatic carbocycles. The van der Waals surface area contributed by atoms with E-state index >= 15 is 0 Å². The third kappa shape index (κ3) is 6.38. The molecule has 0 heterocycles. The third-order valence-electron chi connectivity index (χ3n) is 1.62. The zero-order chi connectivity index (χ0) is 10.7. The SMILES string of the molecule is CC(C)S(=O)(=O)CCSC(C)(C)C. The van der Waals surface area contributed by atoms with Crippen LogP contribution in [0.3, 0.4) is 0 Å². The second-order valence-electron chi connectivity index (χ2n) is 4.38. The molecular weight excluding hydrogens is 204 g/mol. The molecule has 0 aliphatic heterocycles. The molecule has 0 aromatic rings. The number of hydrogen-bond donors (Lipinski definition) is 0. The molecule has 0 atom stereocenters. The molecule has 0 saturated heterocycles. The van der Waals surface area contributed by atoms with Crippen LogP contribution >= 0.6 is 11.8 Å². The molecule has 0 saturated carbocycles. The van der Waals surface area contributed by atoms with Gasteiger partial charge in [-0.1, -0.05) is 20.8 Å². The average molecular weight is 224 g/mol. The number of hydrogen-bond acceptors (Lipinski definition) is 3. The maximum Gasteiger partial charge on any atom is 0.153 e. The molecule has 13 heavy (non-hydrogen) atoms. The number of thioether (sulfide) groups is 1. The molecule has 0 bridgehead atoms. The second kappa shape index (κ2) is 4.69. The third-order valence-corrected chi connectivity index (χ3v) is 5.36. The molecule has 0 N–H and O–H groups in total. The van der Waals surface area contributed by atoms with Crippen LogP contribution in [0.25, 0.3) is 0 Å². The normalized spacial score (nSPS) is 13.7. The molecule has 0 aliphatic carbocycles. The minimum atomic E-state index is -2.84. The van der Waals surface area contributed by atoms with Gasteiger partial charge >= 0.3 is 0 Å². The highest BCUT2D eigenvalue weighted by molar-refractivity contribution is 8.01. The van der Waals surface area contributed by atoms with Gasteiger partial charge in [0.05, 0.1) is 11.0 Å². The minimum absolute atomic E-state index is 0.159. The minimum Gasteiger partial charge on any atom is -0.229 e. The van der Waals surface area contributed by atoms with Crippen LogP contribution in [0.1, 0.15) is 34.6 Å². The van der Waals surface area contributed by atoms with Gasteiger partial charge in [-0.15, -0.1) is 0 Å². The van der Waals surface area contributed by atoms with Crippen LogP contribution in [0.5, 0.6) is 0 Å². The fraction of sp³-hybridized carbons (Fsp3) is 1.00. The Hall–Kier alpha value is 0.300. The predicted octanol–water partition coefficient (Wildman–Crippen LogP) is 2.34. The summed E-state index contributed by atoms with van der Waals surface area (Å²) in [6, 6.07) is 0. The van der Waals surface area contributed by atoms with E-state index in [0.29, 0.717) is 11.5 Å². The van der Waals surface area contributed by atoms with E-state index in [-0.39, 0.29) is 10.00 Å². The van der Waals surface area contributed by atoms with Gasteiger partial charge in [0.25, 0.3) is 0 Å². The Labute approximate surface area is 86.4 Å². The molecule has 0 unspecified atom stereocenters. The molecule has 0 aromatic heterocycles. The fourth-order valence-corrected chi connectivity index (χ4v) is 3.05. The molecular formula is C9H20O2S2. The largest absolute Gasteiger partial charge is 0.229 e. The van der Waals surface area contributed by atoms with Crippen LogP contribution in [0.2, 0.25) is 0 Å². The van der Waals surface area contributed by atoms with Crippen LogP contribution in [-0.2, 0) is 9.84 Å². The van der Waals surface area contributed by atoms with E-state index in [1.165, 1.54) is 0 Å². The van der Waals surface area contributed by atoms with Gasteiger partial charge in [0.2, 0.25) is 0 Å². The Morgan fingerprint density at radius 3 is 2.00 bits per heavy atom. The summed E-state index contributed by atoms with van der Waals surface area (Å²) in [6.07, 6.45) is 0. The molecule has 0 spiro atoms. The van der Waals surface area contributed by atoms with E-state index < -0.39 is 9.84 Å². The Balaban J connectivity index is 3.92. The summed E-state index contributed by atoms with van der Waals surface area (Å²) in [5.74, 6) is 0.997. The predicted molar refractivity (Wildman–Crippen MR) is 61.1 cm³/mol. The van der Waals surface area contributed by atoms with Gasteiger partial charge in [0.1, 0.15) is 0 Å². The zero-order valence-electron chi connectivity index (χ0n) is 9.12. The lowest BCUT2D eigenvalue weighted by Gasteiger charge is -2.17. The first kappa shape index (κ1) is 13.3. The van der Waals surface area contributed by atoms with Crippen LogP contribution in [-0.4, -0.2) is 29.9 Å². The maximum absolute atomic E-state index is 11.4. The van der Waals surface area contributed by atoms with Crippen molar-refractivity contribution in [1.82, 2.24) is 0 Å². The zero-order valence-corrected chi connectivity index (χ0v) is 10.8. The monoisotopic (exact) mass is 224 g/mol. The van der Waals surface area contributed by atoms with Crippen molar-refractivity contribution in [2.24, 2.45) is 0 Å². The van der Waals surface area contributed by atoms with Gasteiger partial charge in [-0.3, -0.25) is 0 Å². The van der Waals surface area contributed by atoms with Gasteiger partial charge in [-0.25, -0.2) is 8.42 Å².